The molecule has 134 valence electrons. The summed E-state index contributed by atoms with van der Waals surface area (Å²) in [6.45, 7) is 2.82. The van der Waals surface area contributed by atoms with E-state index >= 15 is 0 Å². The van der Waals surface area contributed by atoms with Gasteiger partial charge < -0.3 is 14.2 Å². The van der Waals surface area contributed by atoms with Crippen LogP contribution in [0.2, 0.25) is 10.0 Å². The third-order valence-electron chi connectivity index (χ3n) is 4.26. The molecule has 0 radical (unpaired) electrons. The third-order valence-corrected chi connectivity index (χ3v) is 5.00. The smallest absolute Gasteiger partial charge is 0.264 e. The Hall–Kier alpha value is -2.26. The number of halogens is 2. The van der Waals surface area contributed by atoms with Gasteiger partial charge in [0.15, 0.2) is 0 Å². The number of hydrogen-bond donors (Lipinski definition) is 0. The van der Waals surface area contributed by atoms with Gasteiger partial charge in [0.25, 0.3) is 5.91 Å². The number of benzene rings is 1. The molecule has 1 aliphatic heterocycles. The Bertz CT molecular complexity index is 890. The van der Waals surface area contributed by atoms with Gasteiger partial charge in [0, 0.05) is 37.8 Å². The van der Waals surface area contributed by atoms with Gasteiger partial charge in [-0.1, -0.05) is 23.2 Å². The quantitative estimate of drug-likeness (QED) is 0.589. The standard InChI is InChI=1S/C19H17Cl2N3O2/c1-23-6-8-24(9-7-23)19(25)14(12-22)10-15-3-5-18(26-15)13-2-4-16(20)17(21)11-13/h2-5,10-11H,6-9H2,1H3. The maximum Gasteiger partial charge on any atom is 0.264 e. The Morgan fingerprint density at radius 3 is 2.54 bits per heavy atom. The molecule has 1 saturated heterocycles. The van der Waals surface area contributed by atoms with Crippen LogP contribution in [-0.4, -0.2) is 48.9 Å². The summed E-state index contributed by atoms with van der Waals surface area (Å²) in [4.78, 5) is 16.4. The van der Waals surface area contributed by atoms with Gasteiger partial charge in [-0.15, -0.1) is 0 Å². The van der Waals surface area contributed by atoms with Crippen LogP contribution in [0, 0.1) is 11.3 Å². The van der Waals surface area contributed by atoms with E-state index in [2.05, 4.69) is 4.90 Å². The fraction of sp³-hybridized carbons (Fsp3) is 0.263. The molecule has 1 aliphatic rings. The Morgan fingerprint density at radius 2 is 1.88 bits per heavy atom. The van der Waals surface area contributed by atoms with E-state index in [0.717, 1.165) is 18.7 Å². The van der Waals surface area contributed by atoms with Crippen molar-refractivity contribution in [3.05, 3.63) is 51.7 Å². The maximum atomic E-state index is 12.5. The molecule has 0 N–H and O–H groups in total. The predicted octanol–water partition coefficient (Wildman–Crippen LogP) is 3.93. The van der Waals surface area contributed by atoms with Crippen molar-refractivity contribution < 1.29 is 9.21 Å². The number of likely N-dealkylation sites (N-methyl/N-ethyl adjacent to an activating group) is 1. The van der Waals surface area contributed by atoms with Crippen LogP contribution in [0.15, 0.2) is 40.3 Å². The average Bonchev–Trinajstić information content (AvgIpc) is 3.10. The molecule has 7 heteroatoms. The third kappa shape index (κ3) is 4.10. The minimum absolute atomic E-state index is 0.0598. The minimum Gasteiger partial charge on any atom is -0.457 e. The first-order chi connectivity index (χ1) is 12.5. The number of furan rings is 1. The monoisotopic (exact) mass is 389 g/mol. The number of nitriles is 1. The van der Waals surface area contributed by atoms with Gasteiger partial charge in [-0.05, 0) is 37.4 Å². The highest BCUT2D eigenvalue weighted by molar-refractivity contribution is 6.42. The summed E-state index contributed by atoms with van der Waals surface area (Å²) in [6.07, 6.45) is 1.47. The number of amides is 1. The molecule has 1 aromatic carbocycles. The lowest BCUT2D eigenvalue weighted by Gasteiger charge is -2.32. The summed E-state index contributed by atoms with van der Waals surface area (Å²) in [7, 11) is 2.01. The van der Waals surface area contributed by atoms with Crippen LogP contribution in [0.5, 0.6) is 0 Å². The van der Waals surface area contributed by atoms with Crippen LogP contribution in [-0.2, 0) is 4.79 Å². The van der Waals surface area contributed by atoms with Crippen molar-refractivity contribution in [2.24, 2.45) is 0 Å². The van der Waals surface area contributed by atoms with Crippen LogP contribution in [0.4, 0.5) is 0 Å². The molecular formula is C19H17Cl2N3O2. The largest absolute Gasteiger partial charge is 0.457 e. The average molecular weight is 390 g/mol. The van der Waals surface area contributed by atoms with Crippen molar-refractivity contribution in [1.29, 1.82) is 5.26 Å². The Kier molecular flexibility index (Phi) is 5.67. The number of nitrogens with zero attached hydrogens (tertiary/aromatic N) is 3. The van der Waals surface area contributed by atoms with Gasteiger partial charge in [-0.25, -0.2) is 0 Å². The van der Waals surface area contributed by atoms with Crippen LogP contribution >= 0.6 is 23.2 Å². The van der Waals surface area contributed by atoms with E-state index in [9.17, 15) is 10.1 Å². The van der Waals surface area contributed by atoms with E-state index < -0.39 is 0 Å². The molecule has 0 aliphatic carbocycles. The number of carbonyl (C=O) groups is 1. The molecule has 26 heavy (non-hydrogen) atoms. The Balaban J connectivity index is 1.80. The summed E-state index contributed by atoms with van der Waals surface area (Å²) in [5, 5.41) is 10.3. The van der Waals surface area contributed by atoms with Gasteiger partial charge in [0.05, 0.1) is 10.0 Å². The SMILES string of the molecule is CN1CCN(C(=O)C(C#N)=Cc2ccc(-c3ccc(Cl)c(Cl)c3)o2)CC1. The molecule has 1 aromatic heterocycles. The highest BCUT2D eigenvalue weighted by atomic mass is 35.5. The van der Waals surface area contributed by atoms with E-state index in [0.29, 0.717) is 34.7 Å². The van der Waals surface area contributed by atoms with E-state index in [1.165, 1.54) is 6.08 Å². The van der Waals surface area contributed by atoms with Crippen LogP contribution < -0.4 is 0 Å². The van der Waals surface area contributed by atoms with Crippen molar-refractivity contribution >= 4 is 35.2 Å². The molecule has 0 bridgehead atoms. The first-order valence-corrected chi connectivity index (χ1v) is 8.88. The van der Waals surface area contributed by atoms with Crippen LogP contribution in [0.1, 0.15) is 5.76 Å². The molecule has 5 nitrogen and oxygen atoms in total. The van der Waals surface area contributed by atoms with Gasteiger partial charge in [-0.3, -0.25) is 4.79 Å². The first-order valence-electron chi connectivity index (χ1n) is 8.13. The molecule has 1 fully saturated rings. The van der Waals surface area contributed by atoms with Gasteiger partial charge in [0.1, 0.15) is 23.2 Å². The zero-order chi connectivity index (χ0) is 18.7. The zero-order valence-corrected chi connectivity index (χ0v) is 15.7. The highest BCUT2D eigenvalue weighted by Gasteiger charge is 2.22. The molecule has 3 rings (SSSR count). The highest BCUT2D eigenvalue weighted by Crippen LogP contribution is 2.30. The fourth-order valence-electron chi connectivity index (χ4n) is 2.70. The molecule has 0 saturated carbocycles. The first kappa shape index (κ1) is 18.5. The number of piperazine rings is 1. The predicted molar refractivity (Wildman–Crippen MR) is 102 cm³/mol. The van der Waals surface area contributed by atoms with Crippen LogP contribution in [0.25, 0.3) is 17.4 Å². The second kappa shape index (κ2) is 7.96. The lowest BCUT2D eigenvalue weighted by atomic mass is 10.2. The summed E-state index contributed by atoms with van der Waals surface area (Å²) < 4.78 is 5.74. The maximum absolute atomic E-state index is 12.5. The minimum atomic E-state index is -0.270. The molecule has 0 unspecified atom stereocenters. The van der Waals surface area contributed by atoms with Crippen molar-refractivity contribution in [3.8, 4) is 17.4 Å². The van der Waals surface area contributed by atoms with Crippen molar-refractivity contribution in [2.75, 3.05) is 33.2 Å². The zero-order valence-electron chi connectivity index (χ0n) is 14.2. The molecular weight excluding hydrogens is 373 g/mol. The van der Waals surface area contributed by atoms with Gasteiger partial charge in [0.2, 0.25) is 0 Å². The summed E-state index contributed by atoms with van der Waals surface area (Å²) in [6, 6.07) is 10.6. The van der Waals surface area contributed by atoms with E-state index in [1.807, 2.05) is 13.1 Å². The topological polar surface area (TPSA) is 60.5 Å². The van der Waals surface area contributed by atoms with E-state index in [4.69, 9.17) is 27.6 Å². The van der Waals surface area contributed by atoms with Crippen LogP contribution in [0.3, 0.4) is 0 Å². The summed E-state index contributed by atoms with van der Waals surface area (Å²) in [5.41, 5.74) is 0.826. The summed E-state index contributed by atoms with van der Waals surface area (Å²) in [5.74, 6) is 0.748. The number of hydrogen-bond acceptors (Lipinski definition) is 4. The van der Waals surface area contributed by atoms with E-state index in [-0.39, 0.29) is 11.5 Å². The second-order valence-electron chi connectivity index (χ2n) is 6.10. The lowest BCUT2D eigenvalue weighted by Crippen LogP contribution is -2.47. The Labute approximate surface area is 162 Å². The number of carbonyl (C=O) groups excluding carboxylic acids is 1. The molecule has 1 amide bonds. The van der Waals surface area contributed by atoms with Crippen molar-refractivity contribution in [1.82, 2.24) is 9.80 Å². The Morgan fingerprint density at radius 1 is 1.15 bits per heavy atom. The fourth-order valence-corrected chi connectivity index (χ4v) is 3.00. The normalized spacial score (nSPS) is 15.8. The summed E-state index contributed by atoms with van der Waals surface area (Å²) >= 11 is 12.0. The lowest BCUT2D eigenvalue weighted by molar-refractivity contribution is -0.128. The van der Waals surface area contributed by atoms with E-state index in [1.54, 1.807) is 35.2 Å². The molecule has 2 aromatic rings. The van der Waals surface area contributed by atoms with Gasteiger partial charge in [-0.2, -0.15) is 5.26 Å². The van der Waals surface area contributed by atoms with Gasteiger partial charge >= 0.3 is 0 Å². The number of rotatable bonds is 3. The molecule has 0 spiro atoms. The molecule has 0 atom stereocenters. The van der Waals surface area contributed by atoms with Crippen molar-refractivity contribution in [2.45, 2.75) is 0 Å². The van der Waals surface area contributed by atoms with Crippen molar-refractivity contribution in [3.63, 3.8) is 0 Å². The second-order valence-corrected chi connectivity index (χ2v) is 6.91. The molecule has 2 heterocycles.